The Hall–Kier alpha value is -1.97. The first-order valence-electron chi connectivity index (χ1n) is 5.77. The van der Waals surface area contributed by atoms with Crippen LogP contribution in [0.3, 0.4) is 0 Å². The maximum absolute atomic E-state index is 11.9. The smallest absolute Gasteiger partial charge is 0.278 e. The summed E-state index contributed by atoms with van der Waals surface area (Å²) in [4.78, 5) is 22.1. The molecule has 0 saturated carbocycles. The number of H-pyrrole nitrogens is 1. The molecule has 0 radical (unpaired) electrons. The van der Waals surface area contributed by atoms with Crippen molar-refractivity contribution in [2.75, 3.05) is 12.3 Å². The lowest BCUT2D eigenvalue weighted by Crippen LogP contribution is -2.24. The van der Waals surface area contributed by atoms with E-state index in [9.17, 15) is 9.90 Å². The number of aliphatic hydroxyl groups is 2. The van der Waals surface area contributed by atoms with Crippen LogP contribution in [0, 0.1) is 0 Å². The highest BCUT2D eigenvalue weighted by molar-refractivity contribution is 5.70. The van der Waals surface area contributed by atoms with Gasteiger partial charge in [-0.05, 0) is 0 Å². The summed E-state index contributed by atoms with van der Waals surface area (Å²) in [5.74, 6) is -0.0108. The van der Waals surface area contributed by atoms with Crippen molar-refractivity contribution < 1.29 is 14.9 Å². The Labute approximate surface area is 106 Å². The van der Waals surface area contributed by atoms with Gasteiger partial charge in [-0.3, -0.25) is 14.3 Å². The fraction of sp³-hybridized carbons (Fsp3) is 0.500. The van der Waals surface area contributed by atoms with Crippen LogP contribution < -0.4 is 11.3 Å². The van der Waals surface area contributed by atoms with Crippen LogP contribution in [-0.2, 0) is 4.74 Å². The van der Waals surface area contributed by atoms with Gasteiger partial charge in [0.2, 0.25) is 5.95 Å². The van der Waals surface area contributed by atoms with E-state index in [2.05, 4.69) is 15.0 Å². The van der Waals surface area contributed by atoms with Crippen molar-refractivity contribution in [1.82, 2.24) is 19.5 Å². The molecular weight excluding hydrogens is 254 g/mol. The van der Waals surface area contributed by atoms with Crippen LogP contribution in [0.2, 0.25) is 0 Å². The first-order chi connectivity index (χ1) is 9.10. The number of aliphatic hydroxyl groups excluding tert-OH is 2. The van der Waals surface area contributed by atoms with Gasteiger partial charge in [0, 0.05) is 6.42 Å². The number of imidazole rings is 1. The van der Waals surface area contributed by atoms with Crippen molar-refractivity contribution in [3.05, 3.63) is 16.7 Å². The molecule has 2 aromatic heterocycles. The molecule has 19 heavy (non-hydrogen) atoms. The van der Waals surface area contributed by atoms with Crippen LogP contribution in [-0.4, -0.2) is 48.5 Å². The van der Waals surface area contributed by atoms with Crippen molar-refractivity contribution in [2.45, 2.75) is 24.9 Å². The van der Waals surface area contributed by atoms with Gasteiger partial charge in [-0.2, -0.15) is 4.98 Å². The van der Waals surface area contributed by atoms with E-state index in [1.807, 2.05) is 0 Å². The zero-order valence-electron chi connectivity index (χ0n) is 9.85. The molecule has 2 aromatic rings. The SMILES string of the molecule is Nc1nc2ncn([C@H]3C[C@H](O)[C@@H](CO)O3)c2c(=O)[nH]1. The van der Waals surface area contributed by atoms with E-state index in [0.717, 1.165) is 0 Å². The van der Waals surface area contributed by atoms with Crippen LogP contribution in [0.15, 0.2) is 11.1 Å². The van der Waals surface area contributed by atoms with E-state index >= 15 is 0 Å². The highest BCUT2D eigenvalue weighted by Crippen LogP contribution is 2.29. The Morgan fingerprint density at radius 3 is 3.11 bits per heavy atom. The zero-order chi connectivity index (χ0) is 13.6. The first-order valence-corrected chi connectivity index (χ1v) is 5.77. The highest BCUT2D eigenvalue weighted by Gasteiger charge is 2.35. The Bertz CT molecular complexity index is 665. The number of nitrogens with two attached hydrogens (primary N) is 1. The summed E-state index contributed by atoms with van der Waals surface area (Å²) in [5.41, 5.74) is 5.45. The van der Waals surface area contributed by atoms with Crippen molar-refractivity contribution in [3.8, 4) is 0 Å². The van der Waals surface area contributed by atoms with E-state index < -0.39 is 24.0 Å². The number of fused-ring (bicyclic) bond motifs is 1. The minimum absolute atomic E-state index is 0.0108. The Kier molecular flexibility index (Phi) is 2.73. The monoisotopic (exact) mass is 267 g/mol. The molecule has 0 aliphatic carbocycles. The number of hydrogen-bond donors (Lipinski definition) is 4. The largest absolute Gasteiger partial charge is 0.394 e. The van der Waals surface area contributed by atoms with Gasteiger partial charge in [0.25, 0.3) is 5.56 Å². The molecule has 0 spiro atoms. The van der Waals surface area contributed by atoms with Crippen LogP contribution in [0.25, 0.3) is 11.2 Å². The number of nitrogen functional groups attached to an aromatic ring is 1. The minimum atomic E-state index is -0.784. The molecule has 0 bridgehead atoms. The van der Waals surface area contributed by atoms with Gasteiger partial charge in [-0.25, -0.2) is 4.98 Å². The standard InChI is InChI=1S/C10H13N5O4/c11-10-13-8-7(9(18)14-10)15(3-12-8)6-1-4(17)5(2-16)19-6/h3-6,16-17H,1-2H2,(H3,11,13,14,18)/t4-,5+,6+/m0/s1. The third-order valence-electron chi connectivity index (χ3n) is 3.15. The summed E-state index contributed by atoms with van der Waals surface area (Å²) < 4.78 is 6.96. The van der Waals surface area contributed by atoms with Crippen LogP contribution in [0.5, 0.6) is 0 Å². The fourth-order valence-electron chi connectivity index (χ4n) is 2.24. The Morgan fingerprint density at radius 1 is 1.63 bits per heavy atom. The molecule has 0 amide bonds. The molecule has 3 atom stereocenters. The van der Waals surface area contributed by atoms with Crippen LogP contribution in [0.1, 0.15) is 12.6 Å². The maximum Gasteiger partial charge on any atom is 0.278 e. The average molecular weight is 267 g/mol. The molecule has 0 aromatic carbocycles. The number of aromatic nitrogens is 4. The summed E-state index contributed by atoms with van der Waals surface area (Å²) in [5, 5.41) is 18.8. The molecule has 1 saturated heterocycles. The van der Waals surface area contributed by atoms with E-state index in [0.29, 0.717) is 0 Å². The molecular formula is C10H13N5O4. The molecule has 3 heterocycles. The van der Waals surface area contributed by atoms with Crippen molar-refractivity contribution >= 4 is 17.1 Å². The second kappa shape index (κ2) is 4.30. The summed E-state index contributed by atoms with van der Waals surface area (Å²) in [6.07, 6.45) is -0.343. The molecule has 1 fully saturated rings. The molecule has 102 valence electrons. The van der Waals surface area contributed by atoms with E-state index in [-0.39, 0.29) is 30.1 Å². The second-order valence-corrected chi connectivity index (χ2v) is 4.39. The molecule has 1 aliphatic rings. The van der Waals surface area contributed by atoms with Crippen LogP contribution in [0.4, 0.5) is 5.95 Å². The molecule has 5 N–H and O–H groups in total. The zero-order valence-corrected chi connectivity index (χ0v) is 9.85. The number of nitrogens with zero attached hydrogens (tertiary/aromatic N) is 3. The number of anilines is 1. The van der Waals surface area contributed by atoms with E-state index in [1.165, 1.54) is 10.9 Å². The van der Waals surface area contributed by atoms with Crippen molar-refractivity contribution in [3.63, 3.8) is 0 Å². The van der Waals surface area contributed by atoms with Gasteiger partial charge < -0.3 is 20.7 Å². The maximum atomic E-state index is 11.9. The van der Waals surface area contributed by atoms with Gasteiger partial charge in [-0.15, -0.1) is 0 Å². The summed E-state index contributed by atoms with van der Waals surface area (Å²) >= 11 is 0. The summed E-state index contributed by atoms with van der Waals surface area (Å²) in [7, 11) is 0. The second-order valence-electron chi connectivity index (χ2n) is 4.39. The summed E-state index contributed by atoms with van der Waals surface area (Å²) in [6, 6.07) is 0. The lowest BCUT2D eigenvalue weighted by atomic mass is 10.2. The number of rotatable bonds is 2. The van der Waals surface area contributed by atoms with Crippen LogP contribution >= 0.6 is 0 Å². The number of aromatic amines is 1. The molecule has 0 unspecified atom stereocenters. The Balaban J connectivity index is 2.05. The quantitative estimate of drug-likeness (QED) is 0.510. The normalized spacial score (nSPS) is 27.2. The number of hydrogen-bond acceptors (Lipinski definition) is 7. The summed E-state index contributed by atoms with van der Waals surface area (Å²) in [6.45, 7) is -0.286. The first kappa shape index (κ1) is 12.1. The van der Waals surface area contributed by atoms with E-state index in [4.69, 9.17) is 15.6 Å². The lowest BCUT2D eigenvalue weighted by molar-refractivity contribution is -0.0431. The van der Waals surface area contributed by atoms with Crippen molar-refractivity contribution in [2.24, 2.45) is 0 Å². The third kappa shape index (κ3) is 1.87. The Morgan fingerprint density at radius 2 is 2.42 bits per heavy atom. The minimum Gasteiger partial charge on any atom is -0.394 e. The van der Waals surface area contributed by atoms with Gasteiger partial charge >= 0.3 is 0 Å². The van der Waals surface area contributed by atoms with E-state index in [1.54, 1.807) is 0 Å². The third-order valence-corrected chi connectivity index (χ3v) is 3.15. The van der Waals surface area contributed by atoms with Gasteiger partial charge in [-0.1, -0.05) is 0 Å². The fourth-order valence-corrected chi connectivity index (χ4v) is 2.24. The molecule has 3 rings (SSSR count). The van der Waals surface area contributed by atoms with Gasteiger partial charge in [0.1, 0.15) is 12.3 Å². The highest BCUT2D eigenvalue weighted by atomic mass is 16.5. The van der Waals surface area contributed by atoms with Crippen molar-refractivity contribution in [1.29, 1.82) is 0 Å². The molecule has 9 heteroatoms. The predicted molar refractivity (Wildman–Crippen MR) is 64.2 cm³/mol. The number of nitrogens with one attached hydrogen (secondary N) is 1. The van der Waals surface area contributed by atoms with Gasteiger partial charge in [0.15, 0.2) is 11.2 Å². The molecule has 1 aliphatic heterocycles. The molecule has 9 nitrogen and oxygen atoms in total. The average Bonchev–Trinajstić information content (AvgIpc) is 2.92. The number of ether oxygens (including phenoxy) is 1. The lowest BCUT2D eigenvalue weighted by Gasteiger charge is -2.13. The van der Waals surface area contributed by atoms with Gasteiger partial charge in [0.05, 0.1) is 19.0 Å². The predicted octanol–water partition coefficient (Wildman–Crippen LogP) is -1.66. The topological polar surface area (TPSA) is 139 Å².